The number of fused-ring (bicyclic) bond motifs is 1. The van der Waals surface area contributed by atoms with Crippen LogP contribution in [0.2, 0.25) is 0 Å². The number of hydrogen-bond donors (Lipinski definition) is 2. The van der Waals surface area contributed by atoms with Gasteiger partial charge < -0.3 is 10.2 Å². The van der Waals surface area contributed by atoms with Crippen LogP contribution in [0.15, 0.2) is 70.8 Å². The Kier molecular flexibility index (Phi) is 5.96. The SMILES string of the molecule is C[C@H](NC(=O)[C@H]1CCCN(c2nc3c(-c4ccccc4)csc3c(=O)[nH]2)C1)c1ccccc1. The van der Waals surface area contributed by atoms with Crippen LogP contribution >= 0.6 is 11.3 Å². The van der Waals surface area contributed by atoms with Gasteiger partial charge in [-0.2, -0.15) is 0 Å². The van der Waals surface area contributed by atoms with E-state index < -0.39 is 0 Å². The highest BCUT2D eigenvalue weighted by atomic mass is 32.1. The molecule has 2 N–H and O–H groups in total. The van der Waals surface area contributed by atoms with E-state index in [4.69, 9.17) is 4.98 Å². The molecule has 0 aliphatic carbocycles. The molecule has 1 aliphatic heterocycles. The minimum atomic E-state index is -0.151. The van der Waals surface area contributed by atoms with Gasteiger partial charge in [-0.15, -0.1) is 11.3 Å². The number of carbonyl (C=O) groups is 1. The van der Waals surface area contributed by atoms with Crippen molar-refractivity contribution in [2.24, 2.45) is 5.92 Å². The summed E-state index contributed by atoms with van der Waals surface area (Å²) >= 11 is 1.41. The van der Waals surface area contributed by atoms with Gasteiger partial charge in [0.05, 0.1) is 17.5 Å². The summed E-state index contributed by atoms with van der Waals surface area (Å²) in [5.74, 6) is 0.429. The van der Waals surface area contributed by atoms with Gasteiger partial charge in [-0.3, -0.25) is 14.6 Å². The fraction of sp³-hybridized carbons (Fsp3) is 0.269. The van der Waals surface area contributed by atoms with E-state index in [2.05, 4.69) is 10.3 Å². The van der Waals surface area contributed by atoms with E-state index in [1.807, 2.05) is 77.9 Å². The van der Waals surface area contributed by atoms with Gasteiger partial charge in [0.15, 0.2) is 0 Å². The molecule has 0 unspecified atom stereocenters. The molecule has 168 valence electrons. The Bertz CT molecular complexity index is 1320. The van der Waals surface area contributed by atoms with Crippen LogP contribution in [0.1, 0.15) is 31.4 Å². The number of hydrogen-bond acceptors (Lipinski definition) is 5. The molecule has 3 heterocycles. The molecule has 4 aromatic rings. The monoisotopic (exact) mass is 458 g/mol. The van der Waals surface area contributed by atoms with Crippen LogP contribution in [0.25, 0.3) is 21.3 Å². The lowest BCUT2D eigenvalue weighted by Crippen LogP contribution is -2.44. The van der Waals surface area contributed by atoms with E-state index in [0.717, 1.165) is 36.1 Å². The van der Waals surface area contributed by atoms with Gasteiger partial charge in [-0.05, 0) is 30.9 Å². The fourth-order valence-electron chi connectivity index (χ4n) is 4.43. The van der Waals surface area contributed by atoms with Gasteiger partial charge in [-0.25, -0.2) is 4.98 Å². The van der Waals surface area contributed by atoms with Crippen molar-refractivity contribution in [1.82, 2.24) is 15.3 Å². The van der Waals surface area contributed by atoms with Gasteiger partial charge in [0.1, 0.15) is 4.70 Å². The number of amides is 1. The first-order chi connectivity index (χ1) is 16.1. The summed E-state index contributed by atoms with van der Waals surface area (Å²) in [6, 6.07) is 19.9. The molecule has 1 saturated heterocycles. The van der Waals surface area contributed by atoms with Gasteiger partial charge in [0.25, 0.3) is 5.56 Å². The molecule has 2 aromatic carbocycles. The fourth-order valence-corrected chi connectivity index (χ4v) is 5.34. The highest BCUT2D eigenvalue weighted by Crippen LogP contribution is 2.32. The van der Waals surface area contributed by atoms with Crippen molar-refractivity contribution in [2.45, 2.75) is 25.8 Å². The smallest absolute Gasteiger partial charge is 0.270 e. The summed E-state index contributed by atoms with van der Waals surface area (Å²) < 4.78 is 0.626. The van der Waals surface area contributed by atoms with E-state index in [1.54, 1.807) is 0 Å². The maximum Gasteiger partial charge on any atom is 0.270 e. The van der Waals surface area contributed by atoms with Crippen LogP contribution in [0.5, 0.6) is 0 Å². The van der Waals surface area contributed by atoms with Crippen LogP contribution < -0.4 is 15.8 Å². The number of anilines is 1. The Labute approximate surface area is 196 Å². The maximum absolute atomic E-state index is 13.0. The van der Waals surface area contributed by atoms with E-state index >= 15 is 0 Å². The molecular formula is C26H26N4O2S. The summed E-state index contributed by atoms with van der Waals surface area (Å²) in [4.78, 5) is 35.7. The van der Waals surface area contributed by atoms with E-state index in [1.165, 1.54) is 11.3 Å². The second kappa shape index (κ2) is 9.19. The molecule has 0 saturated carbocycles. The zero-order valence-corrected chi connectivity index (χ0v) is 19.3. The van der Waals surface area contributed by atoms with E-state index in [0.29, 0.717) is 22.7 Å². The van der Waals surface area contributed by atoms with Gasteiger partial charge in [-0.1, -0.05) is 60.7 Å². The second-order valence-electron chi connectivity index (χ2n) is 8.51. The summed E-state index contributed by atoms with van der Waals surface area (Å²) in [5, 5.41) is 5.14. The zero-order valence-electron chi connectivity index (χ0n) is 18.5. The number of nitrogens with one attached hydrogen (secondary N) is 2. The first kappa shape index (κ1) is 21.4. The Morgan fingerprint density at radius 3 is 2.64 bits per heavy atom. The third kappa shape index (κ3) is 4.41. The highest BCUT2D eigenvalue weighted by Gasteiger charge is 2.28. The molecule has 1 amide bonds. The predicted octanol–water partition coefficient (Wildman–Crippen LogP) is 4.75. The molecule has 2 atom stereocenters. The highest BCUT2D eigenvalue weighted by molar-refractivity contribution is 7.17. The molecule has 6 nitrogen and oxygen atoms in total. The van der Waals surface area contributed by atoms with Crippen molar-refractivity contribution in [3.8, 4) is 11.1 Å². The molecule has 5 rings (SSSR count). The number of aromatic amines is 1. The minimum Gasteiger partial charge on any atom is -0.349 e. The lowest BCUT2D eigenvalue weighted by molar-refractivity contribution is -0.125. The zero-order chi connectivity index (χ0) is 22.8. The van der Waals surface area contributed by atoms with Crippen molar-refractivity contribution in [1.29, 1.82) is 0 Å². The molecule has 0 radical (unpaired) electrons. The molecule has 33 heavy (non-hydrogen) atoms. The standard InChI is InChI=1S/C26H26N4O2S/c1-17(18-9-4-2-5-10-18)27-24(31)20-13-8-14-30(15-20)26-28-22-21(19-11-6-3-7-12-19)16-33-23(22)25(32)29-26/h2-7,9-12,16-17,20H,8,13-15H2,1H3,(H,27,31)(H,28,29,32)/t17-,20-/m0/s1. The van der Waals surface area contributed by atoms with Crippen molar-refractivity contribution < 1.29 is 4.79 Å². The van der Waals surface area contributed by atoms with Gasteiger partial charge in [0.2, 0.25) is 11.9 Å². The van der Waals surface area contributed by atoms with Crippen LogP contribution in [0, 0.1) is 5.92 Å². The molecule has 0 bridgehead atoms. The average Bonchev–Trinajstić information content (AvgIpc) is 3.30. The lowest BCUT2D eigenvalue weighted by atomic mass is 9.96. The molecular weight excluding hydrogens is 432 g/mol. The topological polar surface area (TPSA) is 78.1 Å². The van der Waals surface area contributed by atoms with E-state index in [-0.39, 0.29) is 23.4 Å². The lowest BCUT2D eigenvalue weighted by Gasteiger charge is -2.33. The van der Waals surface area contributed by atoms with E-state index in [9.17, 15) is 9.59 Å². The van der Waals surface area contributed by atoms with Crippen molar-refractivity contribution in [3.05, 3.63) is 82.0 Å². The molecule has 1 fully saturated rings. The number of nitrogens with zero attached hydrogens (tertiary/aromatic N) is 2. The number of thiophene rings is 1. The van der Waals surface area contributed by atoms with Crippen molar-refractivity contribution in [2.75, 3.05) is 18.0 Å². The first-order valence-electron chi connectivity index (χ1n) is 11.3. The quantitative estimate of drug-likeness (QED) is 0.453. The van der Waals surface area contributed by atoms with Crippen LogP contribution in [0.4, 0.5) is 5.95 Å². The summed E-state index contributed by atoms with van der Waals surface area (Å²) in [5.41, 5.74) is 3.67. The second-order valence-corrected chi connectivity index (χ2v) is 9.39. The Morgan fingerprint density at radius 2 is 1.88 bits per heavy atom. The van der Waals surface area contributed by atoms with Crippen LogP contribution in [-0.2, 0) is 4.79 Å². The van der Waals surface area contributed by atoms with Gasteiger partial charge >= 0.3 is 0 Å². The number of H-pyrrole nitrogens is 1. The maximum atomic E-state index is 13.0. The predicted molar refractivity (Wildman–Crippen MR) is 134 cm³/mol. The molecule has 1 aliphatic rings. The summed E-state index contributed by atoms with van der Waals surface area (Å²) in [6.45, 7) is 3.30. The van der Waals surface area contributed by atoms with Crippen LogP contribution in [0.3, 0.4) is 0 Å². The number of piperidine rings is 1. The van der Waals surface area contributed by atoms with Gasteiger partial charge in [0, 0.05) is 24.0 Å². The summed E-state index contributed by atoms with van der Waals surface area (Å²) in [6.07, 6.45) is 1.69. The third-order valence-electron chi connectivity index (χ3n) is 6.25. The summed E-state index contributed by atoms with van der Waals surface area (Å²) in [7, 11) is 0. The third-order valence-corrected chi connectivity index (χ3v) is 7.22. The number of benzene rings is 2. The largest absolute Gasteiger partial charge is 0.349 e. The van der Waals surface area contributed by atoms with Crippen LogP contribution in [-0.4, -0.2) is 29.0 Å². The number of rotatable bonds is 5. The minimum absolute atomic E-state index is 0.0417. The normalized spacial score (nSPS) is 17.1. The van der Waals surface area contributed by atoms with Crippen molar-refractivity contribution in [3.63, 3.8) is 0 Å². The Morgan fingerprint density at radius 1 is 1.15 bits per heavy atom. The van der Waals surface area contributed by atoms with Crippen molar-refractivity contribution >= 4 is 33.4 Å². The first-order valence-corrected chi connectivity index (χ1v) is 12.2. The Hall–Kier alpha value is -3.45. The molecule has 7 heteroatoms. The average molecular weight is 459 g/mol. The Balaban J connectivity index is 1.37. The molecule has 0 spiro atoms. The molecule has 2 aromatic heterocycles. The number of aromatic nitrogens is 2. The number of carbonyl (C=O) groups excluding carboxylic acids is 1.